The fourth-order valence-corrected chi connectivity index (χ4v) is 3.44. The molecule has 1 aromatic carbocycles. The van der Waals surface area contributed by atoms with Gasteiger partial charge in [0.2, 0.25) is 0 Å². The molecule has 1 N–H and O–H groups in total. The van der Waals surface area contributed by atoms with Gasteiger partial charge in [0.15, 0.2) is 6.10 Å². The van der Waals surface area contributed by atoms with E-state index >= 15 is 0 Å². The summed E-state index contributed by atoms with van der Waals surface area (Å²) < 4.78 is 5.76. The first-order valence-corrected chi connectivity index (χ1v) is 8.90. The van der Waals surface area contributed by atoms with E-state index in [2.05, 4.69) is 10.2 Å². The Balaban J connectivity index is 1.48. The van der Waals surface area contributed by atoms with Crippen molar-refractivity contribution in [3.8, 4) is 5.75 Å². The SMILES string of the molecule is Cc1cccc(O[C@@H](C)C(=O)NC[C@H]2CCCCN2C2CC2)c1. The third-order valence-corrected chi connectivity index (χ3v) is 4.87. The van der Waals surface area contributed by atoms with Gasteiger partial charge in [0, 0.05) is 18.6 Å². The van der Waals surface area contributed by atoms with Crippen molar-refractivity contribution in [2.24, 2.45) is 0 Å². The number of carbonyl (C=O) groups excluding carboxylic acids is 1. The van der Waals surface area contributed by atoms with Crippen LogP contribution in [0.2, 0.25) is 0 Å². The monoisotopic (exact) mass is 316 g/mol. The van der Waals surface area contributed by atoms with E-state index in [0.717, 1.165) is 23.9 Å². The third-order valence-electron chi connectivity index (χ3n) is 4.87. The number of amides is 1. The summed E-state index contributed by atoms with van der Waals surface area (Å²) in [7, 11) is 0. The molecule has 0 unspecified atom stereocenters. The van der Waals surface area contributed by atoms with Crippen molar-refractivity contribution < 1.29 is 9.53 Å². The number of hydrogen-bond donors (Lipinski definition) is 1. The van der Waals surface area contributed by atoms with Crippen LogP contribution in [0.4, 0.5) is 0 Å². The number of likely N-dealkylation sites (tertiary alicyclic amines) is 1. The second-order valence-electron chi connectivity index (χ2n) is 6.94. The molecule has 4 nitrogen and oxygen atoms in total. The number of ether oxygens (including phenoxy) is 1. The zero-order valence-electron chi connectivity index (χ0n) is 14.3. The molecule has 0 radical (unpaired) electrons. The minimum absolute atomic E-state index is 0.0205. The summed E-state index contributed by atoms with van der Waals surface area (Å²) in [5.74, 6) is 0.734. The van der Waals surface area contributed by atoms with Gasteiger partial charge in [-0.3, -0.25) is 9.69 Å². The maximum atomic E-state index is 12.3. The first kappa shape index (κ1) is 16.3. The van der Waals surface area contributed by atoms with E-state index in [9.17, 15) is 4.79 Å². The number of rotatable bonds is 6. The molecule has 126 valence electrons. The smallest absolute Gasteiger partial charge is 0.260 e. The molecule has 1 aliphatic heterocycles. The summed E-state index contributed by atoms with van der Waals surface area (Å²) in [6.45, 7) is 5.78. The van der Waals surface area contributed by atoms with Gasteiger partial charge in [-0.15, -0.1) is 0 Å². The lowest BCUT2D eigenvalue weighted by Gasteiger charge is -2.36. The first-order chi connectivity index (χ1) is 11.1. The summed E-state index contributed by atoms with van der Waals surface area (Å²) in [6.07, 6.45) is 5.97. The van der Waals surface area contributed by atoms with Gasteiger partial charge < -0.3 is 10.1 Å². The summed E-state index contributed by atoms with van der Waals surface area (Å²) >= 11 is 0. The lowest BCUT2D eigenvalue weighted by Crippen LogP contribution is -2.49. The number of carbonyl (C=O) groups is 1. The van der Waals surface area contributed by atoms with Gasteiger partial charge in [0.25, 0.3) is 5.91 Å². The maximum Gasteiger partial charge on any atom is 0.260 e. The van der Waals surface area contributed by atoms with E-state index in [1.807, 2.05) is 38.1 Å². The van der Waals surface area contributed by atoms with Crippen LogP contribution in [0, 0.1) is 6.92 Å². The molecule has 1 heterocycles. The zero-order chi connectivity index (χ0) is 16.2. The molecule has 2 fully saturated rings. The van der Waals surface area contributed by atoms with E-state index in [-0.39, 0.29) is 5.91 Å². The van der Waals surface area contributed by atoms with Crippen molar-refractivity contribution in [1.29, 1.82) is 0 Å². The Labute approximate surface area is 139 Å². The molecule has 0 aromatic heterocycles. The standard InChI is InChI=1S/C19H28N2O2/c1-14-6-5-8-18(12-14)23-15(2)19(22)20-13-17-7-3-4-11-21(17)16-9-10-16/h5-6,8,12,15-17H,3-4,7,9-11,13H2,1-2H3,(H,20,22)/t15-,17+/m0/s1. The molecule has 2 atom stereocenters. The van der Waals surface area contributed by atoms with Gasteiger partial charge in [0.1, 0.15) is 5.75 Å². The maximum absolute atomic E-state index is 12.3. The van der Waals surface area contributed by atoms with Gasteiger partial charge in [-0.05, 0) is 63.8 Å². The molecular formula is C19H28N2O2. The lowest BCUT2D eigenvalue weighted by atomic mass is 10.0. The molecule has 0 spiro atoms. The third kappa shape index (κ3) is 4.47. The van der Waals surface area contributed by atoms with E-state index in [1.165, 1.54) is 38.6 Å². The molecule has 3 rings (SSSR count). The van der Waals surface area contributed by atoms with Gasteiger partial charge in [-0.1, -0.05) is 18.6 Å². The number of nitrogens with zero attached hydrogens (tertiary/aromatic N) is 1. The fraction of sp³-hybridized carbons (Fsp3) is 0.632. The van der Waals surface area contributed by atoms with Crippen molar-refractivity contribution >= 4 is 5.91 Å². The Kier molecular flexibility index (Phi) is 5.21. The van der Waals surface area contributed by atoms with Crippen LogP contribution >= 0.6 is 0 Å². The average Bonchev–Trinajstić information content (AvgIpc) is 3.37. The van der Waals surface area contributed by atoms with Crippen LogP contribution in [-0.2, 0) is 4.79 Å². The Morgan fingerprint density at radius 3 is 2.91 bits per heavy atom. The van der Waals surface area contributed by atoms with Crippen molar-refractivity contribution in [2.45, 2.75) is 64.1 Å². The first-order valence-electron chi connectivity index (χ1n) is 8.90. The van der Waals surface area contributed by atoms with Crippen LogP contribution in [0.1, 0.15) is 44.6 Å². The second kappa shape index (κ2) is 7.35. The summed E-state index contributed by atoms with van der Waals surface area (Å²) in [5, 5.41) is 3.09. The molecule has 0 bridgehead atoms. The Hall–Kier alpha value is -1.55. The normalized spacial score (nSPS) is 23.3. The largest absolute Gasteiger partial charge is 0.481 e. The van der Waals surface area contributed by atoms with Gasteiger partial charge in [-0.2, -0.15) is 0 Å². The molecule has 23 heavy (non-hydrogen) atoms. The highest BCUT2D eigenvalue weighted by Gasteiger charge is 2.35. The molecule has 1 amide bonds. The number of nitrogens with one attached hydrogen (secondary N) is 1. The minimum atomic E-state index is -0.463. The highest BCUT2D eigenvalue weighted by Crippen LogP contribution is 2.32. The topological polar surface area (TPSA) is 41.6 Å². The van der Waals surface area contributed by atoms with Crippen molar-refractivity contribution in [1.82, 2.24) is 10.2 Å². The number of benzene rings is 1. The summed E-state index contributed by atoms with van der Waals surface area (Å²) in [4.78, 5) is 14.9. The fourth-order valence-electron chi connectivity index (χ4n) is 3.44. The van der Waals surface area contributed by atoms with Crippen LogP contribution in [0.15, 0.2) is 24.3 Å². The second-order valence-corrected chi connectivity index (χ2v) is 6.94. The molecule has 1 aromatic rings. The molecule has 4 heteroatoms. The van der Waals surface area contributed by atoms with E-state index in [1.54, 1.807) is 0 Å². The Morgan fingerprint density at radius 2 is 2.17 bits per heavy atom. The molecule has 2 aliphatic rings. The van der Waals surface area contributed by atoms with Crippen molar-refractivity contribution in [3.05, 3.63) is 29.8 Å². The summed E-state index contributed by atoms with van der Waals surface area (Å²) in [6, 6.07) is 9.11. The predicted octanol–water partition coefficient (Wildman–Crippen LogP) is 2.90. The number of hydrogen-bond acceptors (Lipinski definition) is 3. The van der Waals surface area contributed by atoms with Crippen LogP contribution in [0.5, 0.6) is 5.75 Å². The van der Waals surface area contributed by atoms with E-state index in [4.69, 9.17) is 4.74 Å². The highest BCUT2D eigenvalue weighted by molar-refractivity contribution is 5.80. The lowest BCUT2D eigenvalue weighted by molar-refractivity contribution is -0.127. The van der Waals surface area contributed by atoms with Crippen molar-refractivity contribution in [2.75, 3.05) is 13.1 Å². The molecule has 1 aliphatic carbocycles. The van der Waals surface area contributed by atoms with E-state index in [0.29, 0.717) is 6.04 Å². The van der Waals surface area contributed by atoms with Crippen LogP contribution in [0.3, 0.4) is 0 Å². The zero-order valence-corrected chi connectivity index (χ0v) is 14.3. The Bertz CT molecular complexity index is 542. The predicted molar refractivity (Wildman–Crippen MR) is 91.6 cm³/mol. The molecule has 1 saturated carbocycles. The number of piperidine rings is 1. The quantitative estimate of drug-likeness (QED) is 0.877. The molecular weight excluding hydrogens is 288 g/mol. The molecule has 1 saturated heterocycles. The number of aryl methyl sites for hydroxylation is 1. The van der Waals surface area contributed by atoms with Crippen LogP contribution in [0.25, 0.3) is 0 Å². The highest BCUT2D eigenvalue weighted by atomic mass is 16.5. The average molecular weight is 316 g/mol. The van der Waals surface area contributed by atoms with Gasteiger partial charge in [0.05, 0.1) is 0 Å². The van der Waals surface area contributed by atoms with Gasteiger partial charge >= 0.3 is 0 Å². The minimum Gasteiger partial charge on any atom is -0.481 e. The Morgan fingerprint density at radius 1 is 1.35 bits per heavy atom. The van der Waals surface area contributed by atoms with Crippen molar-refractivity contribution in [3.63, 3.8) is 0 Å². The van der Waals surface area contributed by atoms with Gasteiger partial charge in [-0.25, -0.2) is 0 Å². The van der Waals surface area contributed by atoms with E-state index < -0.39 is 6.10 Å². The summed E-state index contributed by atoms with van der Waals surface area (Å²) in [5.41, 5.74) is 1.14. The van der Waals surface area contributed by atoms with Crippen LogP contribution < -0.4 is 10.1 Å². The van der Waals surface area contributed by atoms with Crippen LogP contribution in [-0.4, -0.2) is 42.1 Å².